The number of carbonyl (C=O) groups is 2. The van der Waals surface area contributed by atoms with Crippen LogP contribution in [0, 0.1) is 0 Å². The minimum atomic E-state index is -4.47. The zero-order chi connectivity index (χ0) is 55.0. The molecule has 0 aliphatic carbocycles. The second-order valence-electron chi connectivity index (χ2n) is 21.5. The van der Waals surface area contributed by atoms with Gasteiger partial charge in [0.15, 0.2) is 0 Å². The van der Waals surface area contributed by atoms with Crippen molar-refractivity contribution >= 4 is 19.7 Å². The number of amides is 1. The van der Waals surface area contributed by atoms with Gasteiger partial charge in [-0.3, -0.25) is 18.6 Å². The van der Waals surface area contributed by atoms with Gasteiger partial charge in [0.1, 0.15) is 19.3 Å². The smallest absolute Gasteiger partial charge is 0.456 e. The molecule has 0 fully saturated rings. The van der Waals surface area contributed by atoms with Crippen molar-refractivity contribution < 1.29 is 37.3 Å². The number of nitrogens with zero attached hydrogens (tertiary/aromatic N) is 1. The quantitative estimate of drug-likeness (QED) is 0.0205. The van der Waals surface area contributed by atoms with Crippen molar-refractivity contribution in [2.45, 2.75) is 264 Å². The summed E-state index contributed by atoms with van der Waals surface area (Å²) in [5.74, 6) is -0.599. The summed E-state index contributed by atoms with van der Waals surface area (Å²) in [7, 11) is 1.45. The Morgan fingerprint density at radius 1 is 0.480 bits per heavy atom. The number of allylic oxidation sites excluding steroid dienone is 15. The maximum Gasteiger partial charge on any atom is 0.472 e. The Kier molecular flexibility index (Phi) is 52.1. The van der Waals surface area contributed by atoms with E-state index in [1.165, 1.54) is 116 Å². The molecule has 2 N–H and O–H groups in total. The number of unbranched alkanes of at least 4 members (excludes halogenated alkanes) is 24. The van der Waals surface area contributed by atoms with Crippen molar-refractivity contribution in [3.05, 3.63) is 97.2 Å². The number of rotatable bonds is 54. The Morgan fingerprint density at radius 2 is 0.867 bits per heavy atom. The zero-order valence-electron chi connectivity index (χ0n) is 49.3. The molecule has 3 unspecified atom stereocenters. The first-order valence-corrected chi connectivity index (χ1v) is 32.1. The van der Waals surface area contributed by atoms with E-state index in [0.29, 0.717) is 23.9 Å². The van der Waals surface area contributed by atoms with Gasteiger partial charge in [0.25, 0.3) is 0 Å². The van der Waals surface area contributed by atoms with Crippen molar-refractivity contribution in [1.82, 2.24) is 5.32 Å². The molecule has 0 aromatic carbocycles. The van der Waals surface area contributed by atoms with Crippen LogP contribution in [0.15, 0.2) is 97.2 Å². The molecule has 0 saturated heterocycles. The molecule has 0 saturated carbocycles. The molecule has 9 nitrogen and oxygen atoms in total. The molecular formula is C65H116N2O7P+. The van der Waals surface area contributed by atoms with Crippen LogP contribution < -0.4 is 5.32 Å². The Morgan fingerprint density at radius 3 is 1.31 bits per heavy atom. The van der Waals surface area contributed by atoms with Gasteiger partial charge in [-0.05, 0) is 96.0 Å². The van der Waals surface area contributed by atoms with Gasteiger partial charge in [-0.25, -0.2) is 4.57 Å². The molecule has 0 aliphatic rings. The van der Waals surface area contributed by atoms with Gasteiger partial charge in [-0.2, -0.15) is 0 Å². The van der Waals surface area contributed by atoms with Gasteiger partial charge < -0.3 is 19.4 Å². The van der Waals surface area contributed by atoms with E-state index in [1.807, 2.05) is 39.4 Å². The third-order valence-corrected chi connectivity index (χ3v) is 14.0. The van der Waals surface area contributed by atoms with Crippen LogP contribution in [0.25, 0.3) is 0 Å². The van der Waals surface area contributed by atoms with Crippen molar-refractivity contribution in [3.63, 3.8) is 0 Å². The number of esters is 1. The summed E-state index contributed by atoms with van der Waals surface area (Å²) in [6.07, 6.45) is 72.7. The number of phosphoric ester groups is 1. The predicted octanol–water partition coefficient (Wildman–Crippen LogP) is 18.8. The highest BCUT2D eigenvalue weighted by Gasteiger charge is 2.30. The molecule has 0 rings (SSSR count). The van der Waals surface area contributed by atoms with Crippen molar-refractivity contribution in [1.29, 1.82) is 0 Å². The maximum absolute atomic E-state index is 13.5. The lowest BCUT2D eigenvalue weighted by molar-refractivity contribution is -0.870. The molecule has 10 heteroatoms. The van der Waals surface area contributed by atoms with Gasteiger partial charge in [0.2, 0.25) is 5.91 Å². The van der Waals surface area contributed by atoms with Crippen LogP contribution >= 0.6 is 7.82 Å². The predicted molar refractivity (Wildman–Crippen MR) is 323 cm³/mol. The fourth-order valence-electron chi connectivity index (χ4n) is 8.31. The monoisotopic (exact) mass is 1070 g/mol. The van der Waals surface area contributed by atoms with E-state index in [4.69, 9.17) is 13.8 Å². The number of nitrogens with one attached hydrogen (secondary N) is 1. The fraction of sp³-hybridized carbons (Fsp3) is 0.723. The van der Waals surface area contributed by atoms with E-state index >= 15 is 0 Å². The molecule has 0 radical (unpaired) electrons. The van der Waals surface area contributed by atoms with E-state index < -0.39 is 25.9 Å². The van der Waals surface area contributed by atoms with E-state index in [0.717, 1.165) is 96.3 Å². The van der Waals surface area contributed by atoms with Crippen molar-refractivity contribution in [2.24, 2.45) is 0 Å². The molecule has 75 heavy (non-hydrogen) atoms. The van der Waals surface area contributed by atoms with E-state index in [1.54, 1.807) is 0 Å². The lowest BCUT2D eigenvalue weighted by Gasteiger charge is -2.27. The standard InChI is InChI=1S/C65H115N2O7P/c1-7-10-13-16-19-22-25-28-29-30-31-32-33-34-35-36-37-40-42-45-48-51-54-57-64(68)66-62(61-73-75(70,71)72-60-59-67(4,5)6)63(56-53-50-47-44-41-38-26-23-20-17-14-11-8-2)74-65(69)58-55-52-49-46-43-39-27-24-21-18-15-12-9-3/h10,13,19,22,28-29,31-32,34-35,39,43,49,52-53,56,62-63H,7-9,11-12,14-18,20-21,23-27,30,33,36-38,40-42,44-48,50-51,54-55,57-61H2,1-6H3,(H-,66,68,70,71)/p+1/b13-10-,22-19-,29-28-,32-31-,35-34-,43-39-,52-49+,56-53-. The van der Waals surface area contributed by atoms with E-state index in [-0.39, 0.29) is 25.5 Å². The number of carbonyl (C=O) groups excluding carboxylic acids is 2. The summed E-state index contributed by atoms with van der Waals surface area (Å²) in [6.45, 7) is 6.84. The van der Waals surface area contributed by atoms with Gasteiger partial charge in [0, 0.05) is 12.8 Å². The van der Waals surface area contributed by atoms with Crippen LogP contribution in [0.3, 0.4) is 0 Å². The summed E-state index contributed by atoms with van der Waals surface area (Å²) >= 11 is 0. The van der Waals surface area contributed by atoms with Crippen LogP contribution in [0.2, 0.25) is 0 Å². The fourth-order valence-corrected chi connectivity index (χ4v) is 9.05. The second kappa shape index (κ2) is 54.3. The Labute approximate surface area is 462 Å². The summed E-state index contributed by atoms with van der Waals surface area (Å²) < 4.78 is 30.6. The molecule has 0 spiro atoms. The lowest BCUT2D eigenvalue weighted by Crippen LogP contribution is -2.47. The highest BCUT2D eigenvalue weighted by molar-refractivity contribution is 7.47. The minimum Gasteiger partial charge on any atom is -0.456 e. The van der Waals surface area contributed by atoms with Crippen LogP contribution in [-0.4, -0.2) is 74.3 Å². The van der Waals surface area contributed by atoms with E-state index in [9.17, 15) is 19.0 Å². The molecule has 1 amide bonds. The van der Waals surface area contributed by atoms with Crippen LogP contribution in [0.4, 0.5) is 0 Å². The molecule has 432 valence electrons. The van der Waals surface area contributed by atoms with Crippen molar-refractivity contribution in [3.8, 4) is 0 Å². The third-order valence-electron chi connectivity index (χ3n) is 13.0. The summed E-state index contributed by atoms with van der Waals surface area (Å²) in [5, 5.41) is 3.03. The highest BCUT2D eigenvalue weighted by Crippen LogP contribution is 2.43. The molecule has 0 heterocycles. The topological polar surface area (TPSA) is 111 Å². The minimum absolute atomic E-state index is 0.0261. The number of hydrogen-bond donors (Lipinski definition) is 2. The highest BCUT2D eigenvalue weighted by atomic mass is 31.2. The zero-order valence-corrected chi connectivity index (χ0v) is 50.2. The average molecular weight is 1070 g/mol. The normalized spacial score (nSPS) is 14.4. The van der Waals surface area contributed by atoms with Crippen LogP contribution in [-0.2, 0) is 27.9 Å². The Hall–Kier alpha value is -3.07. The van der Waals surface area contributed by atoms with Gasteiger partial charge in [-0.15, -0.1) is 0 Å². The largest absolute Gasteiger partial charge is 0.472 e. The summed E-state index contributed by atoms with van der Waals surface area (Å²) in [6, 6.07) is -0.882. The number of quaternary nitrogens is 1. The molecule has 0 bridgehead atoms. The molecule has 3 atom stereocenters. The molecule has 0 aromatic heterocycles. The number of ether oxygens (including phenoxy) is 1. The first-order chi connectivity index (χ1) is 36.4. The SMILES string of the molecule is CC/C=C\C/C=C\C/C=C\C/C=C\C/C=C\CCCCCCCCCC(=O)NC(COP(=O)(O)OCC[N+](C)(C)C)C(/C=C\CCCCCCCCCCCCC)OC(=O)CC/C=C/C/C=C\CCCCCCCC. The Bertz CT molecular complexity index is 1610. The molecule has 0 aliphatic heterocycles. The lowest BCUT2D eigenvalue weighted by atomic mass is 10.0. The van der Waals surface area contributed by atoms with Gasteiger partial charge in [-0.1, -0.05) is 240 Å². The molecular weight excluding hydrogens is 952 g/mol. The van der Waals surface area contributed by atoms with E-state index in [2.05, 4.69) is 105 Å². The van der Waals surface area contributed by atoms with Crippen LogP contribution in [0.5, 0.6) is 0 Å². The molecule has 0 aromatic rings. The summed E-state index contributed by atoms with van der Waals surface area (Å²) in [4.78, 5) is 37.6. The van der Waals surface area contributed by atoms with Gasteiger partial charge >= 0.3 is 13.8 Å². The maximum atomic E-state index is 13.5. The average Bonchev–Trinajstić information content (AvgIpc) is 3.37. The van der Waals surface area contributed by atoms with Crippen LogP contribution in [0.1, 0.15) is 252 Å². The summed E-state index contributed by atoms with van der Waals surface area (Å²) in [5.41, 5.74) is 0. The first kappa shape index (κ1) is 71.9. The Balaban J connectivity index is 5.31. The third kappa shape index (κ3) is 55.5. The number of phosphoric acid groups is 1. The second-order valence-corrected chi connectivity index (χ2v) is 22.9. The number of hydrogen-bond acceptors (Lipinski definition) is 6. The van der Waals surface area contributed by atoms with Gasteiger partial charge in [0.05, 0.1) is 33.8 Å². The van der Waals surface area contributed by atoms with Crippen molar-refractivity contribution in [2.75, 3.05) is 40.9 Å². The first-order valence-electron chi connectivity index (χ1n) is 30.6. The number of likely N-dealkylation sites (N-methyl/N-ethyl adjacent to an activating group) is 1.